The summed E-state index contributed by atoms with van der Waals surface area (Å²) in [6.07, 6.45) is 7.07. The fraction of sp³-hybridized carbons (Fsp3) is 0.750. The van der Waals surface area contributed by atoms with E-state index in [2.05, 4.69) is 26.5 Å². The number of esters is 1. The number of hydrogen-bond acceptors (Lipinski definition) is 4. The molecule has 0 radical (unpaired) electrons. The number of carbonyl (C=O) groups is 1. The zero-order valence-electron chi connectivity index (χ0n) is 15.1. The molecule has 1 aliphatic carbocycles. The van der Waals surface area contributed by atoms with Gasteiger partial charge in [-0.15, -0.1) is 0 Å². The van der Waals surface area contributed by atoms with Crippen LogP contribution in [0.1, 0.15) is 59.3 Å². The molecule has 2 heterocycles. The average Bonchev–Trinajstić information content (AvgIpc) is 3.08. The average molecular weight is 334 g/mol. The summed E-state index contributed by atoms with van der Waals surface area (Å²) in [6.45, 7) is 10.3. The van der Waals surface area contributed by atoms with Gasteiger partial charge in [-0.25, -0.2) is 4.79 Å². The first kappa shape index (κ1) is 17.7. The number of allylic oxidation sites excluding steroid dienone is 2. The minimum Gasteiger partial charge on any atom is -0.456 e. The summed E-state index contributed by atoms with van der Waals surface area (Å²) >= 11 is 0. The van der Waals surface area contributed by atoms with Gasteiger partial charge >= 0.3 is 5.97 Å². The van der Waals surface area contributed by atoms with Crippen molar-refractivity contribution >= 4 is 5.97 Å². The smallest absolute Gasteiger partial charge is 0.334 e. The van der Waals surface area contributed by atoms with Crippen LogP contribution >= 0.6 is 0 Å². The molecule has 0 aromatic carbocycles. The van der Waals surface area contributed by atoms with Crippen LogP contribution in [-0.2, 0) is 14.3 Å². The highest BCUT2D eigenvalue weighted by Gasteiger charge is 2.55. The Labute approximate surface area is 144 Å². The molecule has 3 aliphatic rings. The van der Waals surface area contributed by atoms with E-state index >= 15 is 0 Å². The van der Waals surface area contributed by atoms with Crippen LogP contribution in [0.15, 0.2) is 23.8 Å². The van der Waals surface area contributed by atoms with E-state index in [0.717, 1.165) is 32.1 Å². The lowest BCUT2D eigenvalue weighted by Crippen LogP contribution is -2.37. The summed E-state index contributed by atoms with van der Waals surface area (Å²) in [5.41, 5.74) is 1.79. The Hall–Kier alpha value is -1.13. The molecule has 4 heteroatoms. The SMILES string of the molecule is C=C1C(=O)O[C@H]2[C@@H](O)[C@H](C)CCC/C(C)=C/CC[C@@]3(C)O[C@@H]3C[C@H]12. The van der Waals surface area contributed by atoms with Gasteiger partial charge in [0.15, 0.2) is 0 Å². The quantitative estimate of drug-likeness (QED) is 0.319. The number of carbonyl (C=O) groups excluding carboxylic acids is 1. The van der Waals surface area contributed by atoms with Crippen molar-refractivity contribution in [2.75, 3.05) is 0 Å². The van der Waals surface area contributed by atoms with Gasteiger partial charge in [-0.3, -0.25) is 0 Å². The normalized spacial score (nSPS) is 46.2. The molecular weight excluding hydrogens is 304 g/mol. The second-order valence-electron chi connectivity index (χ2n) is 8.11. The molecular formula is C20H30O4. The third-order valence-electron chi connectivity index (χ3n) is 6.14. The molecule has 0 spiro atoms. The molecule has 2 saturated heterocycles. The first-order valence-corrected chi connectivity index (χ1v) is 9.23. The van der Waals surface area contributed by atoms with Crippen LogP contribution in [0.2, 0.25) is 0 Å². The minimum atomic E-state index is -0.643. The Balaban J connectivity index is 1.79. The van der Waals surface area contributed by atoms with E-state index in [-0.39, 0.29) is 29.5 Å². The van der Waals surface area contributed by atoms with Crippen molar-refractivity contribution in [2.45, 2.75) is 83.2 Å². The number of epoxide rings is 1. The van der Waals surface area contributed by atoms with E-state index in [1.807, 2.05) is 6.92 Å². The monoisotopic (exact) mass is 334 g/mol. The number of ether oxygens (including phenoxy) is 2. The van der Waals surface area contributed by atoms with Crippen molar-refractivity contribution in [2.24, 2.45) is 11.8 Å². The van der Waals surface area contributed by atoms with Crippen molar-refractivity contribution < 1.29 is 19.4 Å². The van der Waals surface area contributed by atoms with E-state index in [4.69, 9.17) is 9.47 Å². The minimum absolute atomic E-state index is 0.0958. The highest BCUT2D eigenvalue weighted by molar-refractivity contribution is 5.90. The molecule has 24 heavy (non-hydrogen) atoms. The van der Waals surface area contributed by atoms with Gasteiger partial charge in [-0.2, -0.15) is 0 Å². The topological polar surface area (TPSA) is 59.1 Å². The zero-order valence-corrected chi connectivity index (χ0v) is 15.1. The Morgan fingerprint density at radius 3 is 2.92 bits per heavy atom. The van der Waals surface area contributed by atoms with E-state index in [0.29, 0.717) is 12.0 Å². The molecule has 0 amide bonds. The van der Waals surface area contributed by atoms with Gasteiger partial charge in [0.25, 0.3) is 0 Å². The summed E-state index contributed by atoms with van der Waals surface area (Å²) in [4.78, 5) is 12.0. The maximum Gasteiger partial charge on any atom is 0.334 e. The molecule has 4 nitrogen and oxygen atoms in total. The predicted molar refractivity (Wildman–Crippen MR) is 92.4 cm³/mol. The van der Waals surface area contributed by atoms with E-state index in [1.54, 1.807) is 0 Å². The van der Waals surface area contributed by atoms with Gasteiger partial charge in [0, 0.05) is 11.5 Å². The van der Waals surface area contributed by atoms with E-state index in [9.17, 15) is 9.90 Å². The zero-order chi connectivity index (χ0) is 17.5. The molecule has 0 aromatic rings. The van der Waals surface area contributed by atoms with Gasteiger partial charge < -0.3 is 14.6 Å². The number of aliphatic hydroxyl groups is 1. The van der Waals surface area contributed by atoms with Crippen LogP contribution in [-0.4, -0.2) is 35.0 Å². The molecule has 6 atom stereocenters. The first-order chi connectivity index (χ1) is 11.3. The third-order valence-corrected chi connectivity index (χ3v) is 6.14. The molecule has 134 valence electrons. The summed E-state index contributed by atoms with van der Waals surface area (Å²) in [7, 11) is 0. The number of aliphatic hydroxyl groups excluding tert-OH is 1. The molecule has 0 aromatic heterocycles. The Morgan fingerprint density at radius 2 is 2.17 bits per heavy atom. The lowest BCUT2D eigenvalue weighted by atomic mass is 9.82. The van der Waals surface area contributed by atoms with Gasteiger partial charge in [0.05, 0.1) is 17.8 Å². The Bertz CT molecular complexity index is 552. The van der Waals surface area contributed by atoms with Gasteiger partial charge in [0.2, 0.25) is 0 Å². The number of hydrogen-bond donors (Lipinski definition) is 1. The largest absolute Gasteiger partial charge is 0.456 e. The molecule has 0 saturated carbocycles. The van der Waals surface area contributed by atoms with E-state index in [1.165, 1.54) is 5.57 Å². The second-order valence-corrected chi connectivity index (χ2v) is 8.11. The van der Waals surface area contributed by atoms with Crippen LogP contribution in [0.5, 0.6) is 0 Å². The number of rotatable bonds is 0. The van der Waals surface area contributed by atoms with Gasteiger partial charge in [0.1, 0.15) is 6.10 Å². The second kappa shape index (κ2) is 6.64. The molecule has 2 fully saturated rings. The highest BCUT2D eigenvalue weighted by Crippen LogP contribution is 2.47. The van der Waals surface area contributed by atoms with Crippen molar-refractivity contribution in [3.8, 4) is 0 Å². The number of fused-ring (bicyclic) bond motifs is 2. The Kier molecular flexibility index (Phi) is 4.89. The molecule has 2 aliphatic heterocycles. The standard InChI is InChI=1S/C20H30O4/c1-12-7-5-9-13(2)17(21)18-15(14(3)19(22)23-18)11-16-20(4,24-16)10-6-8-12/h8,13,15-18,21H,3,5-7,9-11H2,1-2,4H3/b12-8+/t13-,15-,16-,17+,18-,20-/m1/s1. The molecule has 3 rings (SSSR count). The van der Waals surface area contributed by atoms with Crippen LogP contribution in [0.25, 0.3) is 0 Å². The van der Waals surface area contributed by atoms with Gasteiger partial charge in [-0.05, 0) is 58.3 Å². The lowest BCUT2D eigenvalue weighted by Gasteiger charge is -2.27. The molecule has 0 bridgehead atoms. The maximum atomic E-state index is 12.0. The van der Waals surface area contributed by atoms with Gasteiger partial charge in [-0.1, -0.05) is 25.2 Å². The summed E-state index contributed by atoms with van der Waals surface area (Å²) < 4.78 is 11.4. The first-order valence-electron chi connectivity index (χ1n) is 9.23. The van der Waals surface area contributed by atoms with Crippen LogP contribution in [0.3, 0.4) is 0 Å². The fourth-order valence-corrected chi connectivity index (χ4v) is 4.16. The maximum absolute atomic E-state index is 12.0. The fourth-order valence-electron chi connectivity index (χ4n) is 4.16. The van der Waals surface area contributed by atoms with Crippen LogP contribution in [0, 0.1) is 11.8 Å². The molecule has 0 unspecified atom stereocenters. The molecule has 1 N–H and O–H groups in total. The summed E-state index contributed by atoms with van der Waals surface area (Å²) in [5, 5.41) is 10.7. The predicted octanol–water partition coefficient (Wildman–Crippen LogP) is 3.54. The van der Waals surface area contributed by atoms with Crippen molar-refractivity contribution in [1.82, 2.24) is 0 Å². The summed E-state index contributed by atoms with van der Waals surface area (Å²) in [6, 6.07) is 0. The third kappa shape index (κ3) is 3.45. The Morgan fingerprint density at radius 1 is 1.42 bits per heavy atom. The summed E-state index contributed by atoms with van der Waals surface area (Å²) in [5.74, 6) is -0.402. The highest BCUT2D eigenvalue weighted by atomic mass is 16.6. The van der Waals surface area contributed by atoms with Crippen molar-refractivity contribution in [3.63, 3.8) is 0 Å². The van der Waals surface area contributed by atoms with Crippen LogP contribution in [0.4, 0.5) is 0 Å². The van der Waals surface area contributed by atoms with Crippen molar-refractivity contribution in [3.05, 3.63) is 23.8 Å². The van der Waals surface area contributed by atoms with Crippen molar-refractivity contribution in [1.29, 1.82) is 0 Å². The lowest BCUT2D eigenvalue weighted by molar-refractivity contribution is -0.146. The van der Waals surface area contributed by atoms with E-state index < -0.39 is 12.2 Å². The van der Waals surface area contributed by atoms with Crippen LogP contribution < -0.4 is 0 Å².